The quantitative estimate of drug-likeness (QED) is 0.510. The van der Waals surface area contributed by atoms with Gasteiger partial charge in [0.1, 0.15) is 5.92 Å². The number of halogens is 5. The highest BCUT2D eigenvalue weighted by Crippen LogP contribution is 2.38. The minimum Gasteiger partial charge on any atom is -0.465 e. The molecule has 0 radical (unpaired) electrons. The summed E-state index contributed by atoms with van der Waals surface area (Å²) in [4.78, 5) is 10.2. The van der Waals surface area contributed by atoms with E-state index < -0.39 is 24.0 Å². The highest BCUT2D eigenvalue weighted by Gasteiger charge is 2.58. The number of ether oxygens (including phenoxy) is 1. The van der Waals surface area contributed by atoms with Crippen LogP contribution < -0.4 is 0 Å². The monoisotopic (exact) mass is 206 g/mol. The zero-order chi connectivity index (χ0) is 10.9. The number of alkyl halides is 5. The number of methoxy groups -OCH3 is 1. The van der Waals surface area contributed by atoms with Gasteiger partial charge in [-0.05, 0) is 6.92 Å². The van der Waals surface area contributed by atoms with Crippen LogP contribution in [-0.2, 0) is 9.53 Å². The second-order valence-electron chi connectivity index (χ2n) is 2.38. The molecule has 0 heterocycles. The smallest absolute Gasteiger partial charge is 0.397 e. The molecule has 1 unspecified atom stereocenters. The summed E-state index contributed by atoms with van der Waals surface area (Å²) in [7, 11) is 0.597. The third kappa shape index (κ3) is 2.53. The van der Waals surface area contributed by atoms with Gasteiger partial charge in [0, 0.05) is 0 Å². The molecule has 13 heavy (non-hydrogen) atoms. The second kappa shape index (κ2) is 3.47. The van der Waals surface area contributed by atoms with Gasteiger partial charge >= 0.3 is 18.1 Å². The topological polar surface area (TPSA) is 26.3 Å². The van der Waals surface area contributed by atoms with Crippen molar-refractivity contribution in [3.63, 3.8) is 0 Å². The van der Waals surface area contributed by atoms with Gasteiger partial charge in [-0.3, -0.25) is 0 Å². The Morgan fingerprint density at radius 3 is 1.85 bits per heavy atom. The zero-order valence-corrected chi connectivity index (χ0v) is 6.78. The fraction of sp³-hybridized carbons (Fsp3) is 0.833. The molecule has 0 aromatic rings. The summed E-state index contributed by atoms with van der Waals surface area (Å²) in [5, 5.41) is 0. The van der Waals surface area contributed by atoms with Crippen molar-refractivity contribution >= 4 is 5.97 Å². The van der Waals surface area contributed by atoms with Gasteiger partial charge in [-0.2, -0.15) is 22.0 Å². The van der Waals surface area contributed by atoms with Gasteiger partial charge in [0.2, 0.25) is 0 Å². The Balaban J connectivity index is 4.74. The van der Waals surface area contributed by atoms with Crippen molar-refractivity contribution < 1.29 is 31.5 Å². The number of carbonyl (C=O) groups excluding carboxylic acids is 1. The first-order valence-corrected chi connectivity index (χ1v) is 3.17. The van der Waals surface area contributed by atoms with E-state index in [0.29, 0.717) is 7.11 Å². The molecule has 0 fully saturated rings. The van der Waals surface area contributed by atoms with Gasteiger partial charge in [0.25, 0.3) is 0 Å². The van der Waals surface area contributed by atoms with E-state index in [-0.39, 0.29) is 6.92 Å². The summed E-state index contributed by atoms with van der Waals surface area (Å²) in [5.41, 5.74) is 0. The lowest BCUT2D eigenvalue weighted by molar-refractivity contribution is -0.240. The molecule has 0 aliphatic rings. The molecule has 0 aliphatic carbocycles. The molecule has 0 saturated carbocycles. The van der Waals surface area contributed by atoms with E-state index >= 15 is 0 Å². The van der Waals surface area contributed by atoms with Gasteiger partial charge in [-0.1, -0.05) is 0 Å². The molecule has 0 aromatic carbocycles. The number of hydrogen-bond acceptors (Lipinski definition) is 2. The third-order valence-electron chi connectivity index (χ3n) is 1.49. The Labute approximate surface area is 70.7 Å². The van der Waals surface area contributed by atoms with Crippen LogP contribution in [0.2, 0.25) is 0 Å². The van der Waals surface area contributed by atoms with E-state index in [1.165, 1.54) is 0 Å². The molecule has 0 aliphatic heterocycles. The summed E-state index contributed by atoms with van der Waals surface area (Å²) in [6.07, 6.45) is -5.13. The van der Waals surface area contributed by atoms with E-state index in [2.05, 4.69) is 4.74 Å². The van der Waals surface area contributed by atoms with Crippen molar-refractivity contribution in [2.24, 2.45) is 5.92 Å². The maximum Gasteiger partial charge on any atom is 0.397 e. The van der Waals surface area contributed by atoms with Gasteiger partial charge in [0.05, 0.1) is 7.11 Å². The average Bonchev–Trinajstić information content (AvgIpc) is 1.99. The fourth-order valence-electron chi connectivity index (χ4n) is 0.518. The van der Waals surface area contributed by atoms with Crippen LogP contribution >= 0.6 is 0 Å². The lowest BCUT2D eigenvalue weighted by atomic mass is 10.0. The maximum atomic E-state index is 12.5. The first kappa shape index (κ1) is 12.1. The summed E-state index contributed by atoms with van der Waals surface area (Å²) in [6.45, 7) is 0.219. The van der Waals surface area contributed by atoms with Crippen LogP contribution in [0.1, 0.15) is 6.92 Å². The molecule has 0 N–H and O–H groups in total. The molecule has 78 valence electrons. The molecule has 2 nitrogen and oxygen atoms in total. The number of carbonyl (C=O) groups is 1. The molecule has 0 aromatic heterocycles. The van der Waals surface area contributed by atoms with Crippen molar-refractivity contribution in [2.75, 3.05) is 7.11 Å². The third-order valence-corrected chi connectivity index (χ3v) is 1.49. The molecule has 0 rings (SSSR count). The second-order valence-corrected chi connectivity index (χ2v) is 2.38. The number of hydrogen-bond donors (Lipinski definition) is 0. The predicted molar refractivity (Wildman–Crippen MR) is 32.2 cm³/mol. The summed E-state index contributed by atoms with van der Waals surface area (Å²) < 4.78 is 63.8. The Hall–Kier alpha value is -0.880. The van der Waals surface area contributed by atoms with Crippen molar-refractivity contribution in [1.29, 1.82) is 0 Å². The molecular weight excluding hydrogens is 199 g/mol. The molecule has 0 spiro atoms. The van der Waals surface area contributed by atoms with Crippen LogP contribution in [0.4, 0.5) is 22.0 Å². The maximum absolute atomic E-state index is 12.5. The van der Waals surface area contributed by atoms with Crippen LogP contribution in [0.3, 0.4) is 0 Å². The first-order chi connectivity index (χ1) is 5.64. The van der Waals surface area contributed by atoms with Crippen LogP contribution in [-0.4, -0.2) is 25.2 Å². The van der Waals surface area contributed by atoms with E-state index in [9.17, 15) is 26.7 Å². The minimum atomic E-state index is -5.13. The summed E-state index contributed by atoms with van der Waals surface area (Å²) in [5.74, 6) is -9.77. The van der Waals surface area contributed by atoms with Crippen LogP contribution in [0.25, 0.3) is 0 Å². The van der Waals surface area contributed by atoms with Crippen molar-refractivity contribution in [3.05, 3.63) is 0 Å². The van der Waals surface area contributed by atoms with Crippen LogP contribution in [0.15, 0.2) is 0 Å². The van der Waals surface area contributed by atoms with Crippen molar-refractivity contribution in [1.82, 2.24) is 0 Å². The predicted octanol–water partition coefficient (Wildman–Crippen LogP) is 1.99. The van der Waals surface area contributed by atoms with Crippen LogP contribution in [0, 0.1) is 5.92 Å². The van der Waals surface area contributed by atoms with Crippen LogP contribution in [0.5, 0.6) is 0 Å². The molecule has 1 atom stereocenters. The summed E-state index contributed by atoms with van der Waals surface area (Å²) >= 11 is 0. The lowest BCUT2D eigenvalue weighted by Crippen LogP contribution is -2.44. The lowest BCUT2D eigenvalue weighted by Gasteiger charge is -2.22. The Morgan fingerprint density at radius 1 is 1.23 bits per heavy atom. The van der Waals surface area contributed by atoms with Crippen molar-refractivity contribution in [2.45, 2.75) is 19.0 Å². The number of esters is 1. The highest BCUT2D eigenvalue weighted by atomic mass is 19.4. The highest BCUT2D eigenvalue weighted by molar-refractivity contribution is 5.77. The SMILES string of the molecule is COC(=O)C(F)(F)C(C)C(F)(F)F. The van der Waals surface area contributed by atoms with Gasteiger partial charge in [-0.25, -0.2) is 4.79 Å². The van der Waals surface area contributed by atoms with E-state index in [4.69, 9.17) is 0 Å². The molecule has 0 amide bonds. The Kier molecular flexibility index (Phi) is 3.23. The van der Waals surface area contributed by atoms with Gasteiger partial charge in [-0.15, -0.1) is 0 Å². The van der Waals surface area contributed by atoms with E-state index in [1.54, 1.807) is 0 Å². The number of rotatable bonds is 2. The normalized spacial score (nSPS) is 15.3. The summed E-state index contributed by atoms with van der Waals surface area (Å²) in [6, 6.07) is 0. The molecule has 0 saturated heterocycles. The first-order valence-electron chi connectivity index (χ1n) is 3.17. The standard InChI is InChI=1S/C6H7F5O2/c1-3(6(9,10)11)5(7,8)4(12)13-2/h3H,1-2H3. The van der Waals surface area contributed by atoms with E-state index in [0.717, 1.165) is 0 Å². The molecule has 7 heteroatoms. The largest absolute Gasteiger partial charge is 0.465 e. The zero-order valence-electron chi connectivity index (χ0n) is 6.78. The Morgan fingerprint density at radius 2 is 1.62 bits per heavy atom. The fourth-order valence-corrected chi connectivity index (χ4v) is 0.518. The average molecular weight is 206 g/mol. The Bertz CT molecular complexity index is 198. The molecule has 0 bridgehead atoms. The molecular formula is C6H7F5O2. The van der Waals surface area contributed by atoms with E-state index in [1.807, 2.05) is 0 Å². The van der Waals surface area contributed by atoms with Gasteiger partial charge < -0.3 is 4.74 Å². The minimum absolute atomic E-state index is 0.219. The van der Waals surface area contributed by atoms with Crippen molar-refractivity contribution in [3.8, 4) is 0 Å². The van der Waals surface area contributed by atoms with Gasteiger partial charge in [0.15, 0.2) is 0 Å².